The minimum Gasteiger partial charge on any atom is -0.356 e. The van der Waals surface area contributed by atoms with Gasteiger partial charge in [-0.15, -0.1) is 0 Å². The Morgan fingerprint density at radius 1 is 1.12 bits per heavy atom. The highest BCUT2D eigenvalue weighted by atomic mass is 35.5. The molecular weight excluding hydrogens is 324 g/mol. The van der Waals surface area contributed by atoms with Crippen LogP contribution in [0.4, 0.5) is 5.69 Å². The van der Waals surface area contributed by atoms with Crippen molar-refractivity contribution in [2.24, 2.45) is 11.8 Å². The van der Waals surface area contributed by atoms with Crippen molar-refractivity contribution in [2.45, 2.75) is 52.4 Å². The van der Waals surface area contributed by atoms with Crippen LogP contribution < -0.4 is 10.6 Å². The molecule has 1 aliphatic rings. The van der Waals surface area contributed by atoms with Crippen LogP contribution in [0.25, 0.3) is 0 Å². The van der Waals surface area contributed by atoms with Gasteiger partial charge in [-0.1, -0.05) is 31.0 Å². The number of hydrogen-bond donors (Lipinski definition) is 2. The van der Waals surface area contributed by atoms with Gasteiger partial charge in [-0.25, -0.2) is 0 Å². The smallest absolute Gasteiger partial charge is 0.227 e. The number of nitrogens with one attached hydrogen (secondary N) is 2. The Hall–Kier alpha value is -1.55. The molecule has 1 aliphatic carbocycles. The standard InChI is InChI=1S/C19H27ClN2O2/c1-3-4-12-21-18(23)14-8-10-15(11-9-14)19(24)22-17-7-5-6-16(20)13(17)2/h5-7,14-15H,3-4,8-12H2,1-2H3,(H,21,23)(H,22,24). The minimum atomic E-state index is -0.0249. The maximum absolute atomic E-state index is 12.5. The lowest BCUT2D eigenvalue weighted by atomic mass is 9.81. The lowest BCUT2D eigenvalue weighted by Crippen LogP contribution is -2.36. The molecule has 1 fully saturated rings. The summed E-state index contributed by atoms with van der Waals surface area (Å²) in [6.45, 7) is 4.76. The Kier molecular flexibility index (Phi) is 7.10. The molecule has 2 amide bonds. The molecule has 2 rings (SSSR count). The number of carbonyl (C=O) groups excluding carboxylic acids is 2. The molecule has 0 aromatic heterocycles. The van der Waals surface area contributed by atoms with E-state index in [0.29, 0.717) is 5.02 Å². The Balaban J connectivity index is 1.82. The van der Waals surface area contributed by atoms with Crippen LogP contribution in [0.2, 0.25) is 5.02 Å². The van der Waals surface area contributed by atoms with Crippen molar-refractivity contribution in [1.82, 2.24) is 5.32 Å². The first-order valence-corrected chi connectivity index (χ1v) is 9.24. The average molecular weight is 351 g/mol. The fourth-order valence-corrected chi connectivity index (χ4v) is 3.30. The first-order chi connectivity index (χ1) is 11.5. The van der Waals surface area contributed by atoms with Crippen molar-refractivity contribution in [3.8, 4) is 0 Å². The van der Waals surface area contributed by atoms with E-state index in [2.05, 4.69) is 17.6 Å². The third-order valence-electron chi connectivity index (χ3n) is 4.82. The second-order valence-electron chi connectivity index (χ2n) is 6.59. The normalized spacial score (nSPS) is 20.5. The number of hydrogen-bond acceptors (Lipinski definition) is 2. The zero-order chi connectivity index (χ0) is 17.5. The van der Waals surface area contributed by atoms with E-state index in [1.54, 1.807) is 0 Å². The number of rotatable bonds is 6. The molecule has 0 saturated heterocycles. The zero-order valence-electron chi connectivity index (χ0n) is 14.5. The van der Waals surface area contributed by atoms with Gasteiger partial charge < -0.3 is 10.6 Å². The van der Waals surface area contributed by atoms with Crippen molar-refractivity contribution in [1.29, 1.82) is 0 Å². The number of benzene rings is 1. The average Bonchev–Trinajstić information content (AvgIpc) is 2.59. The van der Waals surface area contributed by atoms with Crippen LogP contribution in [0, 0.1) is 18.8 Å². The number of halogens is 1. The molecule has 4 nitrogen and oxygen atoms in total. The van der Waals surface area contributed by atoms with Gasteiger partial charge in [0, 0.05) is 29.1 Å². The van der Waals surface area contributed by atoms with Gasteiger partial charge in [-0.2, -0.15) is 0 Å². The fraction of sp³-hybridized carbons (Fsp3) is 0.579. The number of carbonyl (C=O) groups is 2. The van der Waals surface area contributed by atoms with E-state index < -0.39 is 0 Å². The number of anilines is 1. The molecule has 132 valence electrons. The van der Waals surface area contributed by atoms with Gasteiger partial charge in [-0.3, -0.25) is 9.59 Å². The maximum atomic E-state index is 12.5. The second kappa shape index (κ2) is 9.07. The summed E-state index contributed by atoms with van der Waals surface area (Å²) in [6.07, 6.45) is 5.18. The fourth-order valence-electron chi connectivity index (χ4n) is 3.13. The van der Waals surface area contributed by atoms with Gasteiger partial charge in [0.15, 0.2) is 0 Å². The Morgan fingerprint density at radius 3 is 2.38 bits per heavy atom. The summed E-state index contributed by atoms with van der Waals surface area (Å²) in [5, 5.41) is 6.63. The molecule has 0 atom stereocenters. The third kappa shape index (κ3) is 4.97. The van der Waals surface area contributed by atoms with Gasteiger partial charge in [0.05, 0.1) is 0 Å². The molecular formula is C19H27ClN2O2. The van der Waals surface area contributed by atoms with E-state index in [0.717, 1.165) is 56.3 Å². The van der Waals surface area contributed by atoms with Crippen molar-refractivity contribution in [3.05, 3.63) is 28.8 Å². The summed E-state index contributed by atoms with van der Waals surface area (Å²) in [7, 11) is 0. The van der Waals surface area contributed by atoms with E-state index in [1.165, 1.54) is 0 Å². The highest BCUT2D eigenvalue weighted by Gasteiger charge is 2.29. The third-order valence-corrected chi connectivity index (χ3v) is 5.23. The minimum absolute atomic E-state index is 0.0249. The molecule has 1 saturated carbocycles. The molecule has 0 heterocycles. The van der Waals surface area contributed by atoms with Crippen molar-refractivity contribution < 1.29 is 9.59 Å². The van der Waals surface area contributed by atoms with E-state index in [9.17, 15) is 9.59 Å². The van der Waals surface area contributed by atoms with E-state index in [4.69, 9.17) is 11.6 Å². The van der Waals surface area contributed by atoms with E-state index in [-0.39, 0.29) is 23.7 Å². The Bertz CT molecular complexity index is 581. The van der Waals surface area contributed by atoms with Crippen LogP contribution >= 0.6 is 11.6 Å². The first-order valence-electron chi connectivity index (χ1n) is 8.86. The van der Waals surface area contributed by atoms with Crippen LogP contribution in [-0.4, -0.2) is 18.4 Å². The van der Waals surface area contributed by atoms with Gasteiger partial charge in [-0.05, 0) is 56.7 Å². The molecule has 0 unspecified atom stereocenters. The maximum Gasteiger partial charge on any atom is 0.227 e. The molecule has 0 radical (unpaired) electrons. The summed E-state index contributed by atoms with van der Waals surface area (Å²) in [6, 6.07) is 5.52. The predicted octanol–water partition coefficient (Wildman–Crippen LogP) is 4.31. The van der Waals surface area contributed by atoms with Gasteiger partial charge >= 0.3 is 0 Å². The van der Waals surface area contributed by atoms with Crippen molar-refractivity contribution in [3.63, 3.8) is 0 Å². The summed E-state index contributed by atoms with van der Waals surface area (Å²) < 4.78 is 0. The number of amides is 2. The Labute approximate surface area is 149 Å². The monoisotopic (exact) mass is 350 g/mol. The van der Waals surface area contributed by atoms with Gasteiger partial charge in [0.1, 0.15) is 0 Å². The molecule has 0 spiro atoms. The molecule has 5 heteroatoms. The van der Waals surface area contributed by atoms with E-state index in [1.807, 2.05) is 25.1 Å². The second-order valence-corrected chi connectivity index (χ2v) is 7.00. The highest BCUT2D eigenvalue weighted by molar-refractivity contribution is 6.31. The van der Waals surface area contributed by atoms with Crippen LogP contribution in [0.5, 0.6) is 0 Å². The van der Waals surface area contributed by atoms with E-state index >= 15 is 0 Å². The summed E-state index contributed by atoms with van der Waals surface area (Å²) in [5.41, 5.74) is 1.66. The summed E-state index contributed by atoms with van der Waals surface area (Å²) >= 11 is 6.09. The quantitative estimate of drug-likeness (QED) is 0.751. The van der Waals surface area contributed by atoms with Crippen molar-refractivity contribution >= 4 is 29.1 Å². The van der Waals surface area contributed by atoms with Gasteiger partial charge in [0.25, 0.3) is 0 Å². The van der Waals surface area contributed by atoms with Crippen LogP contribution in [0.3, 0.4) is 0 Å². The van der Waals surface area contributed by atoms with Crippen LogP contribution in [-0.2, 0) is 9.59 Å². The molecule has 2 N–H and O–H groups in total. The Morgan fingerprint density at radius 2 is 1.75 bits per heavy atom. The SMILES string of the molecule is CCCCNC(=O)C1CCC(C(=O)Nc2cccc(Cl)c2C)CC1. The molecule has 1 aromatic rings. The van der Waals surface area contributed by atoms with Crippen molar-refractivity contribution in [2.75, 3.05) is 11.9 Å². The summed E-state index contributed by atoms with van der Waals surface area (Å²) in [5.74, 6) is 0.208. The number of unbranched alkanes of at least 4 members (excludes halogenated alkanes) is 1. The lowest BCUT2D eigenvalue weighted by molar-refractivity contribution is -0.128. The molecule has 0 aliphatic heterocycles. The molecule has 0 bridgehead atoms. The topological polar surface area (TPSA) is 58.2 Å². The first kappa shape index (κ1) is 18.8. The largest absolute Gasteiger partial charge is 0.356 e. The predicted molar refractivity (Wildman–Crippen MR) is 98.2 cm³/mol. The highest BCUT2D eigenvalue weighted by Crippen LogP contribution is 2.31. The molecule has 24 heavy (non-hydrogen) atoms. The van der Waals surface area contributed by atoms with Crippen LogP contribution in [0.1, 0.15) is 51.0 Å². The summed E-state index contributed by atoms with van der Waals surface area (Å²) in [4.78, 5) is 24.6. The lowest BCUT2D eigenvalue weighted by Gasteiger charge is -2.27. The molecule has 1 aromatic carbocycles. The zero-order valence-corrected chi connectivity index (χ0v) is 15.3. The van der Waals surface area contributed by atoms with Gasteiger partial charge in [0.2, 0.25) is 11.8 Å². The van der Waals surface area contributed by atoms with Crippen LogP contribution in [0.15, 0.2) is 18.2 Å².